The van der Waals surface area contributed by atoms with Gasteiger partial charge >= 0.3 is 0 Å². The van der Waals surface area contributed by atoms with Crippen LogP contribution in [-0.2, 0) is 0 Å². The van der Waals surface area contributed by atoms with Crippen LogP contribution in [0.5, 0.6) is 5.75 Å². The summed E-state index contributed by atoms with van der Waals surface area (Å²) in [7, 11) is 1.66. The summed E-state index contributed by atoms with van der Waals surface area (Å²) in [4.78, 5) is 4.33. The number of benzene rings is 1. The van der Waals surface area contributed by atoms with Crippen molar-refractivity contribution < 1.29 is 4.74 Å². The predicted molar refractivity (Wildman–Crippen MR) is 57.9 cm³/mol. The molecule has 0 unspecified atom stereocenters. The molecule has 0 saturated heterocycles. The molecule has 0 aliphatic carbocycles. The van der Waals surface area contributed by atoms with Gasteiger partial charge in [0.2, 0.25) is 0 Å². The number of aromatic amines is 1. The van der Waals surface area contributed by atoms with Crippen LogP contribution in [-0.4, -0.2) is 22.3 Å². The van der Waals surface area contributed by atoms with E-state index in [-0.39, 0.29) is 0 Å². The highest BCUT2D eigenvalue weighted by Crippen LogP contribution is 2.25. The molecule has 1 aromatic carbocycles. The number of methoxy groups -OCH3 is 1. The van der Waals surface area contributed by atoms with Gasteiger partial charge in [0.15, 0.2) is 0 Å². The van der Waals surface area contributed by atoms with Gasteiger partial charge in [-0.2, -0.15) is 5.10 Å². The van der Waals surface area contributed by atoms with Crippen molar-refractivity contribution in [3.63, 3.8) is 0 Å². The van der Waals surface area contributed by atoms with Gasteiger partial charge in [-0.1, -0.05) is 0 Å². The summed E-state index contributed by atoms with van der Waals surface area (Å²) in [5.41, 5.74) is 1.89. The summed E-state index contributed by atoms with van der Waals surface area (Å²) in [5, 5.41) is 9.02. The van der Waals surface area contributed by atoms with Crippen LogP contribution in [0.4, 0.5) is 0 Å². The quantitative estimate of drug-likeness (QED) is 0.653. The van der Waals surface area contributed by atoms with Gasteiger partial charge in [0.1, 0.15) is 5.75 Å². The number of aromatic nitrogens is 3. The molecule has 1 N–H and O–H groups in total. The minimum Gasteiger partial charge on any atom is -0.497 e. The van der Waals surface area contributed by atoms with Crippen molar-refractivity contribution in [3.8, 4) is 5.75 Å². The van der Waals surface area contributed by atoms with E-state index in [2.05, 4.69) is 15.2 Å². The van der Waals surface area contributed by atoms with Crippen LogP contribution in [0.15, 0.2) is 30.6 Å². The standard InChI is InChI=1S/C11H9N3O/c1-15-7-2-3-10-8(4-7)9-5-13-14-11(9)6-12-10/h2-6H,1H3,(H,13,14). The molecule has 0 atom stereocenters. The predicted octanol–water partition coefficient (Wildman–Crippen LogP) is 2.12. The average Bonchev–Trinajstić information content (AvgIpc) is 2.76. The lowest BCUT2D eigenvalue weighted by Gasteiger charge is -2.02. The van der Waals surface area contributed by atoms with E-state index < -0.39 is 0 Å². The molecule has 0 amide bonds. The van der Waals surface area contributed by atoms with Gasteiger partial charge in [0.25, 0.3) is 0 Å². The third-order valence-electron chi connectivity index (χ3n) is 2.50. The van der Waals surface area contributed by atoms with Gasteiger partial charge in [0.05, 0.1) is 30.5 Å². The van der Waals surface area contributed by atoms with Crippen LogP contribution < -0.4 is 4.74 Å². The highest BCUT2D eigenvalue weighted by Gasteiger charge is 2.04. The first kappa shape index (κ1) is 8.23. The summed E-state index contributed by atoms with van der Waals surface area (Å²) in [6.07, 6.45) is 3.59. The fourth-order valence-corrected chi connectivity index (χ4v) is 1.71. The van der Waals surface area contributed by atoms with Crippen LogP contribution in [0.1, 0.15) is 0 Å². The molecule has 0 fully saturated rings. The van der Waals surface area contributed by atoms with Crippen LogP contribution in [0.3, 0.4) is 0 Å². The molecule has 4 heteroatoms. The Hall–Kier alpha value is -2.10. The van der Waals surface area contributed by atoms with E-state index in [1.165, 1.54) is 0 Å². The second-order valence-corrected chi connectivity index (χ2v) is 3.34. The smallest absolute Gasteiger partial charge is 0.119 e. The molecule has 0 aliphatic rings. The average molecular weight is 199 g/mol. The molecular formula is C11H9N3O. The first-order chi connectivity index (χ1) is 7.38. The number of rotatable bonds is 1. The van der Waals surface area contributed by atoms with E-state index in [1.807, 2.05) is 18.2 Å². The second-order valence-electron chi connectivity index (χ2n) is 3.34. The Labute approximate surface area is 85.9 Å². The largest absolute Gasteiger partial charge is 0.497 e. The van der Waals surface area contributed by atoms with E-state index in [4.69, 9.17) is 4.74 Å². The van der Waals surface area contributed by atoms with Crippen LogP contribution in [0.2, 0.25) is 0 Å². The number of nitrogens with one attached hydrogen (secondary N) is 1. The zero-order valence-electron chi connectivity index (χ0n) is 8.19. The highest BCUT2D eigenvalue weighted by atomic mass is 16.5. The van der Waals surface area contributed by atoms with E-state index in [0.717, 1.165) is 27.6 Å². The van der Waals surface area contributed by atoms with E-state index in [9.17, 15) is 0 Å². The van der Waals surface area contributed by atoms with Gasteiger partial charge in [-0.15, -0.1) is 0 Å². The summed E-state index contributed by atoms with van der Waals surface area (Å²) in [5.74, 6) is 0.831. The Bertz CT molecular complexity index is 630. The minimum absolute atomic E-state index is 0.831. The summed E-state index contributed by atoms with van der Waals surface area (Å²) < 4.78 is 5.19. The monoisotopic (exact) mass is 199 g/mol. The van der Waals surface area contributed by atoms with E-state index >= 15 is 0 Å². The van der Waals surface area contributed by atoms with Crippen LogP contribution in [0.25, 0.3) is 21.8 Å². The summed E-state index contributed by atoms with van der Waals surface area (Å²) >= 11 is 0. The van der Waals surface area contributed by atoms with Crippen molar-refractivity contribution in [1.29, 1.82) is 0 Å². The zero-order valence-corrected chi connectivity index (χ0v) is 8.19. The maximum atomic E-state index is 5.19. The molecule has 74 valence electrons. The van der Waals surface area contributed by atoms with E-state index in [1.54, 1.807) is 19.5 Å². The molecule has 0 spiro atoms. The Morgan fingerprint density at radius 1 is 1.20 bits per heavy atom. The lowest BCUT2D eigenvalue weighted by Crippen LogP contribution is -1.84. The van der Waals surface area contributed by atoms with Gasteiger partial charge in [-0.3, -0.25) is 10.1 Å². The number of pyridine rings is 1. The third kappa shape index (κ3) is 1.15. The molecule has 0 saturated carbocycles. The zero-order chi connectivity index (χ0) is 10.3. The van der Waals surface area contributed by atoms with Gasteiger partial charge in [-0.25, -0.2) is 0 Å². The maximum Gasteiger partial charge on any atom is 0.119 e. The number of ether oxygens (including phenoxy) is 1. The van der Waals surface area contributed by atoms with Crippen molar-refractivity contribution in [2.45, 2.75) is 0 Å². The SMILES string of the molecule is COc1ccc2ncc3[nH]ncc3c2c1. The molecular weight excluding hydrogens is 190 g/mol. The molecule has 3 aromatic rings. The molecule has 3 rings (SSSR count). The van der Waals surface area contributed by atoms with Crippen molar-refractivity contribution in [2.24, 2.45) is 0 Å². The molecule has 0 aliphatic heterocycles. The number of hydrogen-bond donors (Lipinski definition) is 1. The number of H-pyrrole nitrogens is 1. The van der Waals surface area contributed by atoms with Crippen molar-refractivity contribution in [2.75, 3.05) is 7.11 Å². The molecule has 2 aromatic heterocycles. The maximum absolute atomic E-state index is 5.19. The van der Waals surface area contributed by atoms with Crippen LogP contribution >= 0.6 is 0 Å². The number of nitrogens with zero attached hydrogens (tertiary/aromatic N) is 2. The Kier molecular flexibility index (Phi) is 1.62. The van der Waals surface area contributed by atoms with E-state index in [0.29, 0.717) is 0 Å². The molecule has 15 heavy (non-hydrogen) atoms. The van der Waals surface area contributed by atoms with Crippen molar-refractivity contribution in [1.82, 2.24) is 15.2 Å². The van der Waals surface area contributed by atoms with Gasteiger partial charge < -0.3 is 4.74 Å². The first-order valence-corrected chi connectivity index (χ1v) is 4.64. The lowest BCUT2D eigenvalue weighted by atomic mass is 10.1. The van der Waals surface area contributed by atoms with Crippen molar-refractivity contribution in [3.05, 3.63) is 30.6 Å². The van der Waals surface area contributed by atoms with Gasteiger partial charge in [0, 0.05) is 10.8 Å². The fraction of sp³-hybridized carbons (Fsp3) is 0.0909. The van der Waals surface area contributed by atoms with Crippen LogP contribution in [0, 0.1) is 0 Å². The topological polar surface area (TPSA) is 50.8 Å². The lowest BCUT2D eigenvalue weighted by molar-refractivity contribution is 0.415. The van der Waals surface area contributed by atoms with Gasteiger partial charge in [-0.05, 0) is 18.2 Å². The second kappa shape index (κ2) is 2.95. The number of hydrogen-bond acceptors (Lipinski definition) is 3. The third-order valence-corrected chi connectivity index (χ3v) is 2.50. The summed E-state index contributed by atoms with van der Waals surface area (Å²) in [6, 6.07) is 5.82. The fourth-order valence-electron chi connectivity index (χ4n) is 1.71. The Balaban J connectivity index is 2.48. The van der Waals surface area contributed by atoms with Crippen molar-refractivity contribution >= 4 is 21.8 Å². The summed E-state index contributed by atoms with van der Waals surface area (Å²) in [6.45, 7) is 0. The minimum atomic E-state index is 0.831. The molecule has 0 bridgehead atoms. The first-order valence-electron chi connectivity index (χ1n) is 4.64. The number of fused-ring (bicyclic) bond motifs is 3. The normalized spacial score (nSPS) is 11.0. The Morgan fingerprint density at radius 3 is 3.00 bits per heavy atom. The Morgan fingerprint density at radius 2 is 2.13 bits per heavy atom. The highest BCUT2D eigenvalue weighted by molar-refractivity contribution is 6.04. The molecule has 4 nitrogen and oxygen atoms in total. The molecule has 2 heterocycles. The molecule has 0 radical (unpaired) electrons.